The van der Waals surface area contributed by atoms with Crippen molar-refractivity contribution in [3.05, 3.63) is 34.9 Å². The molecule has 4 nitrogen and oxygen atoms in total. The molecule has 104 valence electrons. The summed E-state index contributed by atoms with van der Waals surface area (Å²) in [7, 11) is 0. The molecule has 1 heterocycles. The fraction of sp³-hybridized carbons (Fsp3) is 0.533. The van der Waals surface area contributed by atoms with E-state index in [2.05, 4.69) is 5.32 Å². The third-order valence-corrected chi connectivity index (χ3v) is 3.64. The molecule has 1 saturated heterocycles. The average molecular weight is 262 g/mol. The van der Waals surface area contributed by atoms with Crippen LogP contribution in [0.25, 0.3) is 0 Å². The molecule has 3 N–H and O–H groups in total. The smallest absolute Gasteiger partial charge is 0.248 e. The second kappa shape index (κ2) is 6.68. The van der Waals surface area contributed by atoms with Gasteiger partial charge in [-0.2, -0.15) is 0 Å². The Bertz CT molecular complexity index is 440. The number of hydrogen-bond acceptors (Lipinski definition) is 3. The Balaban J connectivity index is 1.83. The molecule has 1 atom stereocenters. The summed E-state index contributed by atoms with van der Waals surface area (Å²) < 4.78 is 5.78. The minimum Gasteiger partial charge on any atom is -0.376 e. The van der Waals surface area contributed by atoms with Crippen LogP contribution in [0, 0.1) is 12.8 Å². The van der Waals surface area contributed by atoms with E-state index in [1.807, 2.05) is 19.1 Å². The fourth-order valence-corrected chi connectivity index (χ4v) is 2.41. The second-order valence-corrected chi connectivity index (χ2v) is 5.23. The van der Waals surface area contributed by atoms with Gasteiger partial charge in [0, 0.05) is 12.1 Å². The van der Waals surface area contributed by atoms with Crippen LogP contribution < -0.4 is 11.1 Å². The van der Waals surface area contributed by atoms with E-state index in [-0.39, 0.29) is 5.91 Å². The van der Waals surface area contributed by atoms with Crippen LogP contribution >= 0.6 is 0 Å². The van der Waals surface area contributed by atoms with Gasteiger partial charge in [-0.15, -0.1) is 0 Å². The summed E-state index contributed by atoms with van der Waals surface area (Å²) in [5.41, 5.74) is 7.98. The lowest BCUT2D eigenvalue weighted by Gasteiger charge is -2.22. The van der Waals surface area contributed by atoms with E-state index < -0.39 is 0 Å². The predicted octanol–water partition coefficient (Wildman–Crippen LogP) is 1.61. The zero-order valence-electron chi connectivity index (χ0n) is 11.4. The minimum atomic E-state index is -0.385. The molecule has 19 heavy (non-hydrogen) atoms. The quantitative estimate of drug-likeness (QED) is 0.847. The highest BCUT2D eigenvalue weighted by molar-refractivity contribution is 5.93. The molecule has 0 radical (unpaired) electrons. The van der Waals surface area contributed by atoms with E-state index in [0.717, 1.165) is 30.8 Å². The number of nitrogens with one attached hydrogen (secondary N) is 1. The lowest BCUT2D eigenvalue weighted by Crippen LogP contribution is -2.32. The summed E-state index contributed by atoms with van der Waals surface area (Å²) in [6.07, 6.45) is 2.48. The molecule has 1 amide bonds. The Labute approximate surface area is 114 Å². The van der Waals surface area contributed by atoms with Crippen LogP contribution in [0.4, 0.5) is 0 Å². The SMILES string of the molecule is Cc1cc(C(N)=O)ccc1COCC1CCCNC1. The lowest BCUT2D eigenvalue weighted by molar-refractivity contribution is 0.0780. The van der Waals surface area contributed by atoms with Crippen LogP contribution in [0.15, 0.2) is 18.2 Å². The van der Waals surface area contributed by atoms with Crippen molar-refractivity contribution < 1.29 is 9.53 Å². The van der Waals surface area contributed by atoms with Gasteiger partial charge in [-0.05, 0) is 55.5 Å². The first-order chi connectivity index (χ1) is 9.16. The van der Waals surface area contributed by atoms with E-state index >= 15 is 0 Å². The Morgan fingerprint density at radius 3 is 3.00 bits per heavy atom. The first-order valence-corrected chi connectivity index (χ1v) is 6.84. The van der Waals surface area contributed by atoms with E-state index in [1.165, 1.54) is 12.8 Å². The number of aryl methyl sites for hydroxylation is 1. The zero-order chi connectivity index (χ0) is 13.7. The average Bonchev–Trinajstić information content (AvgIpc) is 2.41. The number of nitrogens with two attached hydrogens (primary N) is 1. The maximum absolute atomic E-state index is 11.1. The molecule has 0 aliphatic carbocycles. The normalized spacial score (nSPS) is 19.3. The molecule has 1 fully saturated rings. The second-order valence-electron chi connectivity index (χ2n) is 5.23. The van der Waals surface area contributed by atoms with Gasteiger partial charge in [0.05, 0.1) is 13.2 Å². The molecule has 0 spiro atoms. The summed E-state index contributed by atoms with van der Waals surface area (Å²) in [5, 5.41) is 3.38. The monoisotopic (exact) mass is 262 g/mol. The number of benzene rings is 1. The molecule has 2 rings (SSSR count). The molecule has 1 aliphatic rings. The third-order valence-electron chi connectivity index (χ3n) is 3.64. The van der Waals surface area contributed by atoms with Crippen molar-refractivity contribution in [2.24, 2.45) is 11.7 Å². The van der Waals surface area contributed by atoms with Crippen molar-refractivity contribution in [3.8, 4) is 0 Å². The molecule has 1 aromatic carbocycles. The maximum atomic E-state index is 11.1. The first-order valence-electron chi connectivity index (χ1n) is 6.84. The number of primary amides is 1. The Morgan fingerprint density at radius 2 is 2.37 bits per heavy atom. The largest absolute Gasteiger partial charge is 0.376 e. The lowest BCUT2D eigenvalue weighted by atomic mass is 10.0. The first kappa shape index (κ1) is 14.0. The van der Waals surface area contributed by atoms with Crippen LogP contribution in [0.3, 0.4) is 0 Å². The van der Waals surface area contributed by atoms with Gasteiger partial charge in [-0.25, -0.2) is 0 Å². The number of carbonyl (C=O) groups is 1. The van der Waals surface area contributed by atoms with Gasteiger partial charge in [0.25, 0.3) is 0 Å². The van der Waals surface area contributed by atoms with Crippen molar-refractivity contribution in [1.82, 2.24) is 5.32 Å². The molecule has 1 unspecified atom stereocenters. The van der Waals surface area contributed by atoms with Gasteiger partial charge in [0.1, 0.15) is 0 Å². The van der Waals surface area contributed by atoms with Crippen molar-refractivity contribution >= 4 is 5.91 Å². The number of ether oxygens (including phenoxy) is 1. The van der Waals surface area contributed by atoms with E-state index in [9.17, 15) is 4.79 Å². The van der Waals surface area contributed by atoms with Gasteiger partial charge in [0.2, 0.25) is 5.91 Å². The van der Waals surface area contributed by atoms with E-state index in [0.29, 0.717) is 18.1 Å². The highest BCUT2D eigenvalue weighted by atomic mass is 16.5. The van der Waals surface area contributed by atoms with Gasteiger partial charge in [-0.1, -0.05) is 6.07 Å². The van der Waals surface area contributed by atoms with Crippen LogP contribution in [-0.2, 0) is 11.3 Å². The van der Waals surface area contributed by atoms with E-state index in [4.69, 9.17) is 10.5 Å². The Morgan fingerprint density at radius 1 is 1.53 bits per heavy atom. The number of carbonyl (C=O) groups excluding carboxylic acids is 1. The number of amides is 1. The third kappa shape index (κ3) is 4.04. The number of hydrogen-bond donors (Lipinski definition) is 2. The van der Waals surface area contributed by atoms with Gasteiger partial charge in [-0.3, -0.25) is 4.79 Å². The molecule has 4 heteroatoms. The van der Waals surface area contributed by atoms with Gasteiger partial charge < -0.3 is 15.8 Å². The summed E-state index contributed by atoms with van der Waals surface area (Å²) in [5.74, 6) is 0.239. The fourth-order valence-electron chi connectivity index (χ4n) is 2.41. The van der Waals surface area contributed by atoms with Crippen LogP contribution in [0.5, 0.6) is 0 Å². The van der Waals surface area contributed by atoms with Crippen molar-refractivity contribution in [3.63, 3.8) is 0 Å². The minimum absolute atomic E-state index is 0.385. The molecule has 1 aromatic rings. The maximum Gasteiger partial charge on any atom is 0.248 e. The van der Waals surface area contributed by atoms with Crippen molar-refractivity contribution in [2.45, 2.75) is 26.4 Å². The standard InChI is InChI=1S/C15H22N2O2/c1-11-7-13(15(16)18)4-5-14(11)10-19-9-12-3-2-6-17-8-12/h4-5,7,12,17H,2-3,6,8-10H2,1H3,(H2,16,18). The summed E-state index contributed by atoms with van der Waals surface area (Å²) in [6, 6.07) is 5.51. The Kier molecular flexibility index (Phi) is 4.93. The van der Waals surface area contributed by atoms with Crippen LogP contribution in [0.1, 0.15) is 34.3 Å². The molecule has 0 bridgehead atoms. The number of rotatable bonds is 5. The van der Waals surface area contributed by atoms with Crippen LogP contribution in [0.2, 0.25) is 0 Å². The highest BCUT2D eigenvalue weighted by Gasteiger charge is 2.13. The summed E-state index contributed by atoms with van der Waals surface area (Å²) >= 11 is 0. The number of piperidine rings is 1. The summed E-state index contributed by atoms with van der Waals surface area (Å²) in [6.45, 7) is 5.56. The summed E-state index contributed by atoms with van der Waals surface area (Å²) in [4.78, 5) is 11.1. The molecule has 1 aliphatic heterocycles. The predicted molar refractivity (Wildman–Crippen MR) is 74.9 cm³/mol. The molecule has 0 saturated carbocycles. The Hall–Kier alpha value is -1.39. The van der Waals surface area contributed by atoms with Crippen LogP contribution in [-0.4, -0.2) is 25.6 Å². The zero-order valence-corrected chi connectivity index (χ0v) is 11.4. The molecular weight excluding hydrogens is 240 g/mol. The van der Waals surface area contributed by atoms with Crippen molar-refractivity contribution in [2.75, 3.05) is 19.7 Å². The van der Waals surface area contributed by atoms with Crippen molar-refractivity contribution in [1.29, 1.82) is 0 Å². The van der Waals surface area contributed by atoms with E-state index in [1.54, 1.807) is 6.07 Å². The highest BCUT2D eigenvalue weighted by Crippen LogP contribution is 2.14. The molecule has 0 aromatic heterocycles. The van der Waals surface area contributed by atoms with Gasteiger partial charge >= 0.3 is 0 Å². The molecular formula is C15H22N2O2. The topological polar surface area (TPSA) is 64.4 Å². The van der Waals surface area contributed by atoms with Gasteiger partial charge in [0.15, 0.2) is 0 Å².